The lowest BCUT2D eigenvalue weighted by molar-refractivity contribution is 0.168. The predicted molar refractivity (Wildman–Crippen MR) is 73.3 cm³/mol. The van der Waals surface area contributed by atoms with Crippen LogP contribution >= 0.6 is 0 Å². The minimum Gasteiger partial charge on any atom is -0.387 e. The van der Waals surface area contributed by atoms with Crippen molar-refractivity contribution >= 4 is 10.9 Å². The second-order valence-electron chi connectivity index (χ2n) is 5.28. The van der Waals surface area contributed by atoms with Crippen molar-refractivity contribution in [2.45, 2.75) is 32.9 Å². The van der Waals surface area contributed by atoms with E-state index in [1.807, 2.05) is 0 Å². The van der Waals surface area contributed by atoms with Crippen molar-refractivity contribution in [1.82, 2.24) is 15.5 Å². The molecule has 5 heteroatoms. The van der Waals surface area contributed by atoms with Gasteiger partial charge in [0, 0.05) is 18.0 Å². The summed E-state index contributed by atoms with van der Waals surface area (Å²) in [6.07, 6.45) is 0.858. The molecule has 0 aliphatic carbocycles. The summed E-state index contributed by atoms with van der Waals surface area (Å²) < 4.78 is 13.5. The van der Waals surface area contributed by atoms with Gasteiger partial charge in [-0.3, -0.25) is 5.10 Å². The Hall–Kier alpha value is -1.46. The largest absolute Gasteiger partial charge is 0.387 e. The fourth-order valence-electron chi connectivity index (χ4n) is 1.96. The van der Waals surface area contributed by atoms with Gasteiger partial charge in [0.25, 0.3) is 0 Å². The molecule has 0 saturated carbocycles. The summed E-state index contributed by atoms with van der Waals surface area (Å²) in [5.41, 5.74) is 1.16. The second-order valence-corrected chi connectivity index (χ2v) is 5.28. The second kappa shape index (κ2) is 5.67. The molecule has 0 amide bonds. The third-order valence-electron chi connectivity index (χ3n) is 3.55. The zero-order chi connectivity index (χ0) is 14.0. The van der Waals surface area contributed by atoms with Crippen molar-refractivity contribution < 1.29 is 9.50 Å². The lowest BCUT2D eigenvalue weighted by atomic mass is 10.0. The summed E-state index contributed by atoms with van der Waals surface area (Å²) in [5, 5.41) is 20.8. The van der Waals surface area contributed by atoms with E-state index < -0.39 is 6.10 Å². The van der Waals surface area contributed by atoms with Crippen molar-refractivity contribution in [3.8, 4) is 0 Å². The number of aliphatic hydroxyl groups is 1. The summed E-state index contributed by atoms with van der Waals surface area (Å²) in [6.45, 7) is 6.68. The molecule has 1 aromatic heterocycles. The van der Waals surface area contributed by atoms with Gasteiger partial charge in [0.15, 0.2) is 0 Å². The first-order valence-corrected chi connectivity index (χ1v) is 6.53. The first-order chi connectivity index (χ1) is 8.99. The van der Waals surface area contributed by atoms with Crippen LogP contribution in [-0.2, 0) is 0 Å². The van der Waals surface area contributed by atoms with Crippen LogP contribution in [0.1, 0.15) is 32.4 Å². The summed E-state index contributed by atoms with van der Waals surface area (Å²) in [6, 6.07) is 3.04. The molecular weight excluding hydrogens is 245 g/mol. The molecule has 0 radical (unpaired) electrons. The van der Waals surface area contributed by atoms with E-state index in [2.05, 4.69) is 36.3 Å². The topological polar surface area (TPSA) is 60.9 Å². The molecule has 4 nitrogen and oxygen atoms in total. The number of aliphatic hydroxyl groups excluding tert-OH is 1. The number of fused-ring (bicyclic) bond motifs is 1. The molecule has 0 unspecified atom stereocenters. The van der Waals surface area contributed by atoms with Crippen LogP contribution in [0.3, 0.4) is 0 Å². The smallest absolute Gasteiger partial charge is 0.125 e. The van der Waals surface area contributed by atoms with Gasteiger partial charge in [0.2, 0.25) is 0 Å². The maximum Gasteiger partial charge on any atom is 0.125 e. The molecule has 104 valence electrons. The van der Waals surface area contributed by atoms with Crippen LogP contribution in [0.5, 0.6) is 0 Å². The molecule has 19 heavy (non-hydrogen) atoms. The molecule has 0 bridgehead atoms. The molecule has 0 fully saturated rings. The Labute approximate surface area is 112 Å². The van der Waals surface area contributed by atoms with Crippen molar-refractivity contribution in [2.75, 3.05) is 6.54 Å². The molecule has 0 aliphatic heterocycles. The normalized spacial score (nSPS) is 15.1. The minimum atomic E-state index is -0.753. The van der Waals surface area contributed by atoms with E-state index in [-0.39, 0.29) is 5.82 Å². The maximum absolute atomic E-state index is 13.5. The van der Waals surface area contributed by atoms with Gasteiger partial charge >= 0.3 is 0 Å². The van der Waals surface area contributed by atoms with E-state index in [0.717, 1.165) is 5.39 Å². The Morgan fingerprint density at radius 3 is 2.79 bits per heavy atom. The van der Waals surface area contributed by atoms with Crippen LogP contribution in [0.4, 0.5) is 4.39 Å². The summed E-state index contributed by atoms with van der Waals surface area (Å²) in [4.78, 5) is 0. The summed E-state index contributed by atoms with van der Waals surface area (Å²) in [7, 11) is 0. The van der Waals surface area contributed by atoms with Gasteiger partial charge in [-0.25, -0.2) is 4.39 Å². The van der Waals surface area contributed by atoms with Gasteiger partial charge in [-0.1, -0.05) is 13.8 Å². The standard InChI is InChI=1S/C14H20FN3O/c1-8(2)9(3)16-7-14(19)11-4-10(15)5-13-12(11)6-17-18-13/h4-6,8-9,14,16,19H,7H2,1-3H3,(H,17,18)/t9-,14+/m1/s1. The molecule has 3 N–H and O–H groups in total. The van der Waals surface area contributed by atoms with E-state index in [0.29, 0.717) is 29.6 Å². The number of halogens is 1. The van der Waals surface area contributed by atoms with Crippen molar-refractivity contribution in [3.05, 3.63) is 29.7 Å². The number of aromatic nitrogens is 2. The number of hydrogen-bond acceptors (Lipinski definition) is 3. The quantitative estimate of drug-likeness (QED) is 0.778. The summed E-state index contributed by atoms with van der Waals surface area (Å²) >= 11 is 0. The Balaban J connectivity index is 2.17. The van der Waals surface area contributed by atoms with Gasteiger partial charge in [-0.15, -0.1) is 0 Å². The third kappa shape index (κ3) is 3.11. The monoisotopic (exact) mass is 265 g/mol. The molecule has 1 aromatic carbocycles. The molecule has 1 heterocycles. The average Bonchev–Trinajstić information content (AvgIpc) is 2.81. The van der Waals surface area contributed by atoms with Crippen LogP contribution in [0.25, 0.3) is 10.9 Å². The fourth-order valence-corrected chi connectivity index (χ4v) is 1.96. The van der Waals surface area contributed by atoms with E-state index in [9.17, 15) is 9.50 Å². The summed E-state index contributed by atoms with van der Waals surface area (Å²) in [5.74, 6) is 0.108. The number of benzene rings is 1. The fraction of sp³-hybridized carbons (Fsp3) is 0.500. The molecule has 0 aliphatic rings. The Morgan fingerprint density at radius 1 is 1.37 bits per heavy atom. The number of nitrogens with zero attached hydrogens (tertiary/aromatic N) is 1. The number of H-pyrrole nitrogens is 1. The number of hydrogen-bond donors (Lipinski definition) is 3. The van der Waals surface area contributed by atoms with Crippen LogP contribution < -0.4 is 5.32 Å². The van der Waals surface area contributed by atoms with Crippen LogP contribution in [-0.4, -0.2) is 27.9 Å². The number of rotatable bonds is 5. The molecule has 2 atom stereocenters. The van der Waals surface area contributed by atoms with Gasteiger partial charge in [0.05, 0.1) is 17.8 Å². The van der Waals surface area contributed by atoms with Crippen molar-refractivity contribution in [1.29, 1.82) is 0 Å². The first-order valence-electron chi connectivity index (χ1n) is 6.53. The lowest BCUT2D eigenvalue weighted by Crippen LogP contribution is -2.34. The van der Waals surface area contributed by atoms with E-state index >= 15 is 0 Å². The average molecular weight is 265 g/mol. The van der Waals surface area contributed by atoms with Crippen molar-refractivity contribution in [3.63, 3.8) is 0 Å². The zero-order valence-corrected chi connectivity index (χ0v) is 11.4. The van der Waals surface area contributed by atoms with E-state index in [1.54, 1.807) is 6.20 Å². The zero-order valence-electron chi connectivity index (χ0n) is 11.4. The van der Waals surface area contributed by atoms with Crippen LogP contribution in [0, 0.1) is 11.7 Å². The Kier molecular flexibility index (Phi) is 4.17. The third-order valence-corrected chi connectivity index (χ3v) is 3.55. The Bertz CT molecular complexity index is 553. The molecule has 2 aromatic rings. The Morgan fingerprint density at radius 2 is 2.11 bits per heavy atom. The predicted octanol–water partition coefficient (Wildman–Crippen LogP) is 2.37. The minimum absolute atomic E-state index is 0.294. The van der Waals surface area contributed by atoms with Gasteiger partial charge < -0.3 is 10.4 Å². The molecular formula is C14H20FN3O. The van der Waals surface area contributed by atoms with Gasteiger partial charge in [0.1, 0.15) is 5.82 Å². The van der Waals surface area contributed by atoms with E-state index in [1.165, 1.54) is 12.1 Å². The number of aromatic amines is 1. The first kappa shape index (κ1) is 14.0. The van der Waals surface area contributed by atoms with E-state index in [4.69, 9.17) is 0 Å². The molecule has 2 rings (SSSR count). The van der Waals surface area contributed by atoms with Crippen molar-refractivity contribution in [2.24, 2.45) is 5.92 Å². The van der Waals surface area contributed by atoms with Gasteiger partial charge in [-0.05, 0) is 30.5 Å². The van der Waals surface area contributed by atoms with Gasteiger partial charge in [-0.2, -0.15) is 5.10 Å². The highest BCUT2D eigenvalue weighted by atomic mass is 19.1. The molecule has 0 spiro atoms. The highest BCUT2D eigenvalue weighted by Gasteiger charge is 2.16. The highest BCUT2D eigenvalue weighted by Crippen LogP contribution is 2.24. The number of nitrogens with one attached hydrogen (secondary N) is 2. The lowest BCUT2D eigenvalue weighted by Gasteiger charge is -2.20. The highest BCUT2D eigenvalue weighted by molar-refractivity contribution is 5.82. The van der Waals surface area contributed by atoms with Crippen LogP contribution in [0.15, 0.2) is 18.3 Å². The van der Waals surface area contributed by atoms with Crippen LogP contribution in [0.2, 0.25) is 0 Å². The molecule has 0 saturated heterocycles. The maximum atomic E-state index is 13.5. The SMILES string of the molecule is CC(C)[C@@H](C)NC[C@H](O)c1cc(F)cc2[nH]ncc12.